The molecule has 0 aromatic heterocycles. The first kappa shape index (κ1) is 10.3. The Kier molecular flexibility index (Phi) is 2.25. The Morgan fingerprint density at radius 3 is 2.76 bits per heavy atom. The first-order valence-corrected chi connectivity index (χ1v) is 7.22. The molecule has 1 unspecified atom stereocenters. The Balaban J connectivity index is 1.46. The first-order chi connectivity index (χ1) is 8.38. The van der Waals surface area contributed by atoms with E-state index in [-0.39, 0.29) is 0 Å². The zero-order chi connectivity index (χ0) is 11.3. The summed E-state index contributed by atoms with van der Waals surface area (Å²) in [6.45, 7) is 5.10. The highest BCUT2D eigenvalue weighted by atomic mass is 15.2. The van der Waals surface area contributed by atoms with Gasteiger partial charge in [0, 0.05) is 18.0 Å². The van der Waals surface area contributed by atoms with Crippen LogP contribution in [0.2, 0.25) is 0 Å². The zero-order valence-electron chi connectivity index (χ0n) is 10.5. The highest BCUT2D eigenvalue weighted by molar-refractivity contribution is 5.39. The molecule has 92 valence electrons. The SMILES string of the molecule is C1=CC(N2CCCC2)CC=C1[C@]12CNC[C@H]1C2. The van der Waals surface area contributed by atoms with E-state index in [0.717, 1.165) is 5.92 Å². The Labute approximate surface area is 104 Å². The van der Waals surface area contributed by atoms with Crippen molar-refractivity contribution in [2.45, 2.75) is 31.7 Å². The molecule has 1 saturated carbocycles. The average molecular weight is 230 g/mol. The first-order valence-electron chi connectivity index (χ1n) is 7.22. The van der Waals surface area contributed by atoms with Crippen molar-refractivity contribution in [3.63, 3.8) is 0 Å². The van der Waals surface area contributed by atoms with Crippen LogP contribution in [0.3, 0.4) is 0 Å². The summed E-state index contributed by atoms with van der Waals surface area (Å²) in [5, 5.41) is 3.54. The molecule has 17 heavy (non-hydrogen) atoms. The molecule has 2 saturated heterocycles. The van der Waals surface area contributed by atoms with Crippen LogP contribution in [-0.2, 0) is 0 Å². The maximum atomic E-state index is 3.54. The van der Waals surface area contributed by atoms with Crippen LogP contribution in [0.5, 0.6) is 0 Å². The molecule has 0 bridgehead atoms. The predicted octanol–water partition coefficient (Wildman–Crippen LogP) is 1.95. The molecule has 2 heterocycles. The third-order valence-electron chi connectivity index (χ3n) is 5.32. The molecular weight excluding hydrogens is 208 g/mol. The maximum absolute atomic E-state index is 3.54. The van der Waals surface area contributed by atoms with Crippen molar-refractivity contribution in [1.82, 2.24) is 10.2 Å². The number of hydrogen-bond acceptors (Lipinski definition) is 2. The van der Waals surface area contributed by atoms with Crippen molar-refractivity contribution >= 4 is 0 Å². The van der Waals surface area contributed by atoms with E-state index < -0.39 is 0 Å². The van der Waals surface area contributed by atoms with Crippen LogP contribution in [0.1, 0.15) is 25.7 Å². The number of piperidine rings is 1. The highest BCUT2D eigenvalue weighted by Gasteiger charge is 2.58. The molecule has 2 aliphatic heterocycles. The van der Waals surface area contributed by atoms with E-state index in [9.17, 15) is 0 Å². The van der Waals surface area contributed by atoms with Crippen LogP contribution in [0.15, 0.2) is 23.8 Å². The summed E-state index contributed by atoms with van der Waals surface area (Å²) in [6.07, 6.45) is 12.9. The lowest BCUT2D eigenvalue weighted by atomic mass is 9.89. The van der Waals surface area contributed by atoms with Crippen molar-refractivity contribution in [1.29, 1.82) is 0 Å². The van der Waals surface area contributed by atoms with Gasteiger partial charge in [-0.1, -0.05) is 18.2 Å². The van der Waals surface area contributed by atoms with Gasteiger partial charge in [0.25, 0.3) is 0 Å². The van der Waals surface area contributed by atoms with E-state index in [2.05, 4.69) is 28.4 Å². The molecule has 0 spiro atoms. The quantitative estimate of drug-likeness (QED) is 0.780. The monoisotopic (exact) mass is 230 g/mol. The number of rotatable bonds is 2. The normalized spacial score (nSPS) is 44.8. The Morgan fingerprint density at radius 2 is 2.18 bits per heavy atom. The molecule has 2 heteroatoms. The molecule has 0 aromatic rings. The Bertz CT molecular complexity index is 378. The number of fused-ring (bicyclic) bond motifs is 1. The molecular formula is C15H22N2. The van der Waals surface area contributed by atoms with Crippen LogP contribution in [0, 0.1) is 11.3 Å². The molecule has 4 aliphatic rings. The molecule has 1 N–H and O–H groups in total. The minimum absolute atomic E-state index is 0.562. The van der Waals surface area contributed by atoms with Crippen molar-refractivity contribution in [2.75, 3.05) is 26.2 Å². The zero-order valence-corrected chi connectivity index (χ0v) is 10.5. The van der Waals surface area contributed by atoms with Gasteiger partial charge in [0.05, 0.1) is 0 Å². The van der Waals surface area contributed by atoms with E-state index in [4.69, 9.17) is 0 Å². The third kappa shape index (κ3) is 1.54. The topological polar surface area (TPSA) is 15.3 Å². The molecule has 0 aromatic carbocycles. The van der Waals surface area contributed by atoms with Crippen LogP contribution in [0.25, 0.3) is 0 Å². The van der Waals surface area contributed by atoms with Gasteiger partial charge in [0.1, 0.15) is 0 Å². The van der Waals surface area contributed by atoms with Crippen LogP contribution in [-0.4, -0.2) is 37.1 Å². The summed E-state index contributed by atoms with van der Waals surface area (Å²) in [6, 6.07) is 0.698. The van der Waals surface area contributed by atoms with Gasteiger partial charge in [-0.25, -0.2) is 0 Å². The second-order valence-electron chi connectivity index (χ2n) is 6.25. The van der Waals surface area contributed by atoms with Gasteiger partial charge in [0.2, 0.25) is 0 Å². The van der Waals surface area contributed by atoms with Crippen LogP contribution < -0.4 is 5.32 Å². The summed E-state index contributed by atoms with van der Waals surface area (Å²) in [4.78, 5) is 2.65. The fraction of sp³-hybridized carbons (Fsp3) is 0.733. The van der Waals surface area contributed by atoms with E-state index >= 15 is 0 Å². The van der Waals surface area contributed by atoms with Gasteiger partial charge in [-0.3, -0.25) is 4.90 Å². The lowest BCUT2D eigenvalue weighted by Crippen LogP contribution is -2.32. The molecule has 3 atom stereocenters. The maximum Gasteiger partial charge on any atom is 0.0316 e. The number of likely N-dealkylation sites (tertiary alicyclic amines) is 1. The fourth-order valence-electron chi connectivity index (χ4n) is 4.11. The van der Waals surface area contributed by atoms with Crippen molar-refractivity contribution in [3.8, 4) is 0 Å². The Hall–Kier alpha value is -0.600. The van der Waals surface area contributed by atoms with Crippen LogP contribution >= 0.6 is 0 Å². The number of nitrogens with zero attached hydrogens (tertiary/aromatic N) is 1. The number of nitrogens with one attached hydrogen (secondary N) is 1. The smallest absolute Gasteiger partial charge is 0.0316 e. The lowest BCUT2D eigenvalue weighted by molar-refractivity contribution is 0.282. The van der Waals surface area contributed by atoms with Gasteiger partial charge >= 0.3 is 0 Å². The Morgan fingerprint density at radius 1 is 1.29 bits per heavy atom. The van der Waals surface area contributed by atoms with Gasteiger partial charge in [-0.05, 0) is 56.8 Å². The summed E-state index contributed by atoms with van der Waals surface area (Å²) < 4.78 is 0. The fourth-order valence-corrected chi connectivity index (χ4v) is 4.11. The molecule has 4 rings (SSSR count). The minimum Gasteiger partial charge on any atom is -0.316 e. The molecule has 0 radical (unpaired) electrons. The second kappa shape index (κ2) is 3.69. The summed E-state index contributed by atoms with van der Waals surface area (Å²) >= 11 is 0. The van der Waals surface area contributed by atoms with E-state index in [0.29, 0.717) is 11.5 Å². The number of allylic oxidation sites excluding steroid dienone is 1. The van der Waals surface area contributed by atoms with E-state index in [1.807, 2.05) is 0 Å². The van der Waals surface area contributed by atoms with Crippen molar-refractivity contribution in [2.24, 2.45) is 11.3 Å². The van der Waals surface area contributed by atoms with Crippen molar-refractivity contribution in [3.05, 3.63) is 23.8 Å². The second-order valence-corrected chi connectivity index (χ2v) is 6.25. The summed E-state index contributed by atoms with van der Waals surface area (Å²) in [5.74, 6) is 0.946. The van der Waals surface area contributed by atoms with Gasteiger partial charge in [-0.2, -0.15) is 0 Å². The third-order valence-corrected chi connectivity index (χ3v) is 5.32. The van der Waals surface area contributed by atoms with Gasteiger partial charge in [-0.15, -0.1) is 0 Å². The van der Waals surface area contributed by atoms with Gasteiger partial charge in [0.15, 0.2) is 0 Å². The van der Waals surface area contributed by atoms with E-state index in [1.54, 1.807) is 5.57 Å². The summed E-state index contributed by atoms with van der Waals surface area (Å²) in [5.41, 5.74) is 2.20. The molecule has 2 aliphatic carbocycles. The van der Waals surface area contributed by atoms with Gasteiger partial charge < -0.3 is 5.32 Å². The van der Waals surface area contributed by atoms with Crippen LogP contribution in [0.4, 0.5) is 0 Å². The minimum atomic E-state index is 0.562. The highest BCUT2D eigenvalue weighted by Crippen LogP contribution is 2.60. The summed E-state index contributed by atoms with van der Waals surface area (Å²) in [7, 11) is 0. The predicted molar refractivity (Wildman–Crippen MR) is 69.8 cm³/mol. The number of hydrogen-bond donors (Lipinski definition) is 1. The average Bonchev–Trinajstić information content (AvgIpc) is 2.81. The largest absolute Gasteiger partial charge is 0.316 e. The van der Waals surface area contributed by atoms with E-state index in [1.165, 1.54) is 51.9 Å². The molecule has 2 nitrogen and oxygen atoms in total. The molecule has 0 amide bonds. The standard InChI is InChI=1S/C15H22N2/c1-2-8-17(7-1)14-5-3-12(4-6-14)15-9-13(15)10-16-11-15/h3-5,13-14,16H,1-2,6-11H2/t13-,14?,15+/m1/s1. The van der Waals surface area contributed by atoms with Crippen molar-refractivity contribution < 1.29 is 0 Å². The molecule has 3 fully saturated rings. The lowest BCUT2D eigenvalue weighted by Gasteiger charge is -2.28.